The van der Waals surface area contributed by atoms with E-state index in [0.29, 0.717) is 0 Å². The van der Waals surface area contributed by atoms with E-state index in [-0.39, 0.29) is 6.61 Å². The van der Waals surface area contributed by atoms with Crippen LogP contribution in [0.2, 0.25) is 5.02 Å². The highest BCUT2D eigenvalue weighted by Gasteiger charge is 2.18. The summed E-state index contributed by atoms with van der Waals surface area (Å²) in [7, 11) is 0. The van der Waals surface area contributed by atoms with Crippen LogP contribution in [0.1, 0.15) is 16.9 Å². The normalized spacial score (nSPS) is 15.6. The Morgan fingerprint density at radius 1 is 1.19 bits per heavy atom. The molecule has 0 atom stereocenters. The SMILES string of the molecule is OCC#Cc1csc(CN2CCCN(c3nc4ccc(Cl)cc4s3)CC2)c1. The quantitative estimate of drug-likeness (QED) is 0.652. The molecule has 1 fully saturated rings. The van der Waals surface area contributed by atoms with Crippen LogP contribution in [-0.2, 0) is 6.54 Å². The molecule has 3 heterocycles. The number of anilines is 1. The van der Waals surface area contributed by atoms with Gasteiger partial charge in [-0.25, -0.2) is 4.98 Å². The highest BCUT2D eigenvalue weighted by molar-refractivity contribution is 7.22. The van der Waals surface area contributed by atoms with Gasteiger partial charge in [-0.15, -0.1) is 11.3 Å². The van der Waals surface area contributed by atoms with Crippen LogP contribution in [-0.4, -0.2) is 47.8 Å². The fourth-order valence-electron chi connectivity index (χ4n) is 3.23. The molecule has 0 unspecified atom stereocenters. The lowest BCUT2D eigenvalue weighted by molar-refractivity contribution is 0.288. The minimum Gasteiger partial charge on any atom is -0.384 e. The lowest BCUT2D eigenvalue weighted by Gasteiger charge is -2.20. The number of aliphatic hydroxyl groups is 1. The van der Waals surface area contributed by atoms with Gasteiger partial charge in [-0.1, -0.05) is 34.8 Å². The Balaban J connectivity index is 1.40. The number of hydrogen-bond donors (Lipinski definition) is 1. The lowest BCUT2D eigenvalue weighted by Crippen LogP contribution is -2.30. The molecule has 1 saturated heterocycles. The lowest BCUT2D eigenvalue weighted by atomic mass is 10.3. The summed E-state index contributed by atoms with van der Waals surface area (Å²) in [6.07, 6.45) is 1.12. The van der Waals surface area contributed by atoms with E-state index in [9.17, 15) is 0 Å². The van der Waals surface area contributed by atoms with Crippen molar-refractivity contribution in [3.63, 3.8) is 0 Å². The van der Waals surface area contributed by atoms with Crippen molar-refractivity contribution in [1.82, 2.24) is 9.88 Å². The molecule has 1 aliphatic rings. The molecule has 4 nitrogen and oxygen atoms in total. The second-order valence-corrected chi connectivity index (χ2v) is 8.93. The average Bonchev–Trinajstić information content (AvgIpc) is 3.21. The molecule has 1 aliphatic heterocycles. The number of aliphatic hydroxyl groups excluding tert-OH is 1. The summed E-state index contributed by atoms with van der Waals surface area (Å²) in [5.41, 5.74) is 2.02. The Morgan fingerprint density at radius 3 is 3.00 bits per heavy atom. The molecule has 0 spiro atoms. The zero-order valence-electron chi connectivity index (χ0n) is 14.8. The molecule has 0 bridgehead atoms. The summed E-state index contributed by atoms with van der Waals surface area (Å²) < 4.78 is 1.15. The van der Waals surface area contributed by atoms with Crippen molar-refractivity contribution in [2.24, 2.45) is 0 Å². The zero-order chi connectivity index (χ0) is 18.6. The van der Waals surface area contributed by atoms with Gasteiger partial charge in [0.15, 0.2) is 5.13 Å². The van der Waals surface area contributed by atoms with E-state index in [0.717, 1.165) is 65.1 Å². The Kier molecular flexibility index (Phi) is 5.96. The molecule has 0 aliphatic carbocycles. The minimum atomic E-state index is -0.0922. The number of fused-ring (bicyclic) bond motifs is 1. The first-order valence-electron chi connectivity index (χ1n) is 8.92. The van der Waals surface area contributed by atoms with Crippen molar-refractivity contribution < 1.29 is 5.11 Å². The van der Waals surface area contributed by atoms with Gasteiger partial charge in [0, 0.05) is 53.6 Å². The number of aromatic nitrogens is 1. The van der Waals surface area contributed by atoms with Gasteiger partial charge in [0.2, 0.25) is 0 Å². The molecule has 1 aromatic carbocycles. The third-order valence-electron chi connectivity index (χ3n) is 4.54. The average molecular weight is 418 g/mol. The molecule has 140 valence electrons. The smallest absolute Gasteiger partial charge is 0.186 e. The van der Waals surface area contributed by atoms with Crippen LogP contribution < -0.4 is 4.90 Å². The largest absolute Gasteiger partial charge is 0.384 e. The third-order valence-corrected chi connectivity index (χ3v) is 6.78. The number of rotatable bonds is 3. The van der Waals surface area contributed by atoms with Gasteiger partial charge in [0.25, 0.3) is 0 Å². The standard InChI is InChI=1S/C20H20ClN3OS2/c21-16-4-5-18-19(12-16)27-20(22-18)24-7-2-6-23(8-9-24)13-17-11-15(14-26-17)3-1-10-25/h4-5,11-12,14,25H,2,6-10,13H2. The molecule has 7 heteroatoms. The van der Waals surface area contributed by atoms with Crippen molar-refractivity contribution in [3.05, 3.63) is 45.1 Å². The monoisotopic (exact) mass is 417 g/mol. The Morgan fingerprint density at radius 2 is 2.11 bits per heavy atom. The number of thiophene rings is 1. The van der Waals surface area contributed by atoms with Crippen molar-refractivity contribution in [2.75, 3.05) is 37.7 Å². The van der Waals surface area contributed by atoms with Crippen molar-refractivity contribution in [3.8, 4) is 11.8 Å². The summed E-state index contributed by atoms with van der Waals surface area (Å²) in [6.45, 7) is 4.98. The number of thiazole rings is 1. The minimum absolute atomic E-state index is 0.0922. The summed E-state index contributed by atoms with van der Waals surface area (Å²) in [6, 6.07) is 8.02. The van der Waals surface area contributed by atoms with E-state index in [1.807, 2.05) is 18.2 Å². The first-order chi connectivity index (χ1) is 13.2. The van der Waals surface area contributed by atoms with E-state index in [2.05, 4.69) is 33.1 Å². The number of benzene rings is 1. The van der Waals surface area contributed by atoms with Crippen LogP contribution in [0.3, 0.4) is 0 Å². The summed E-state index contributed by atoms with van der Waals surface area (Å²) in [4.78, 5) is 11.0. The maximum absolute atomic E-state index is 8.81. The summed E-state index contributed by atoms with van der Waals surface area (Å²) in [5, 5.41) is 12.7. The van der Waals surface area contributed by atoms with Crippen molar-refractivity contribution in [2.45, 2.75) is 13.0 Å². The molecular weight excluding hydrogens is 398 g/mol. The van der Waals surface area contributed by atoms with Crippen LogP contribution in [0.15, 0.2) is 29.6 Å². The van der Waals surface area contributed by atoms with Gasteiger partial charge in [-0.3, -0.25) is 4.90 Å². The van der Waals surface area contributed by atoms with E-state index in [1.54, 1.807) is 22.7 Å². The van der Waals surface area contributed by atoms with Crippen LogP contribution in [0.5, 0.6) is 0 Å². The predicted octanol–water partition coefficient (Wildman–Crippen LogP) is 4.07. The molecular formula is C20H20ClN3OS2. The summed E-state index contributed by atoms with van der Waals surface area (Å²) in [5.74, 6) is 5.68. The first-order valence-corrected chi connectivity index (χ1v) is 11.0. The fourth-order valence-corrected chi connectivity index (χ4v) is 5.38. The number of hydrogen-bond acceptors (Lipinski definition) is 6. The zero-order valence-corrected chi connectivity index (χ0v) is 17.2. The molecule has 1 N–H and O–H groups in total. The van der Waals surface area contributed by atoms with Gasteiger partial charge in [0.05, 0.1) is 10.2 Å². The Hall–Kier alpha value is -1.62. The van der Waals surface area contributed by atoms with Gasteiger partial charge in [-0.05, 0) is 30.7 Å². The predicted molar refractivity (Wildman–Crippen MR) is 115 cm³/mol. The van der Waals surface area contributed by atoms with E-state index in [4.69, 9.17) is 21.7 Å². The molecule has 2 aromatic heterocycles. The molecule has 27 heavy (non-hydrogen) atoms. The highest BCUT2D eigenvalue weighted by atomic mass is 35.5. The van der Waals surface area contributed by atoms with Crippen LogP contribution >= 0.6 is 34.3 Å². The third kappa shape index (κ3) is 4.63. The van der Waals surface area contributed by atoms with Crippen LogP contribution in [0.4, 0.5) is 5.13 Å². The van der Waals surface area contributed by atoms with Gasteiger partial charge < -0.3 is 10.0 Å². The van der Waals surface area contributed by atoms with E-state index in [1.165, 1.54) is 4.88 Å². The second-order valence-electron chi connectivity index (χ2n) is 6.49. The number of halogens is 1. The van der Waals surface area contributed by atoms with E-state index >= 15 is 0 Å². The fraction of sp³-hybridized carbons (Fsp3) is 0.350. The first kappa shape index (κ1) is 18.7. The maximum Gasteiger partial charge on any atom is 0.186 e. The van der Waals surface area contributed by atoms with Crippen molar-refractivity contribution in [1.29, 1.82) is 0 Å². The Labute approximate surface area is 172 Å². The molecule has 0 radical (unpaired) electrons. The molecule has 0 amide bonds. The number of nitrogens with zero attached hydrogens (tertiary/aromatic N) is 3. The van der Waals surface area contributed by atoms with Gasteiger partial charge >= 0.3 is 0 Å². The van der Waals surface area contributed by atoms with Crippen molar-refractivity contribution >= 4 is 49.6 Å². The highest BCUT2D eigenvalue weighted by Crippen LogP contribution is 2.31. The van der Waals surface area contributed by atoms with Gasteiger partial charge in [-0.2, -0.15) is 0 Å². The van der Waals surface area contributed by atoms with Gasteiger partial charge in [0.1, 0.15) is 6.61 Å². The topological polar surface area (TPSA) is 39.6 Å². The summed E-state index contributed by atoms with van der Waals surface area (Å²) >= 11 is 9.57. The van der Waals surface area contributed by atoms with Crippen LogP contribution in [0.25, 0.3) is 10.2 Å². The van der Waals surface area contributed by atoms with E-state index < -0.39 is 0 Å². The Bertz CT molecular complexity index is 988. The maximum atomic E-state index is 8.81. The molecule has 0 saturated carbocycles. The molecule has 4 rings (SSSR count). The molecule has 3 aromatic rings. The van der Waals surface area contributed by atoms with Crippen LogP contribution in [0, 0.1) is 11.8 Å². The second kappa shape index (κ2) is 8.59.